The van der Waals surface area contributed by atoms with Gasteiger partial charge in [0.25, 0.3) is 0 Å². The van der Waals surface area contributed by atoms with E-state index in [1.807, 2.05) is 12.1 Å². The van der Waals surface area contributed by atoms with Crippen LogP contribution in [0.2, 0.25) is 0 Å². The van der Waals surface area contributed by atoms with Crippen LogP contribution in [0.1, 0.15) is 22.3 Å². The summed E-state index contributed by atoms with van der Waals surface area (Å²) < 4.78 is 0. The van der Waals surface area contributed by atoms with Gasteiger partial charge in [-0.15, -0.1) is 0 Å². The van der Waals surface area contributed by atoms with Gasteiger partial charge in [-0.25, -0.2) is 15.0 Å². The SMILES string of the molecule is c1ccc(-c2ccc(-c3nc(-c4cccc(-c5nc6ccccc6c6c7c(ccc56)C(c5ccccc5)(c5ccccc5)c5ccccc5-7)c4)nc4ccccc34)cc2)cc1. The Bertz CT molecular complexity index is 3410. The van der Waals surface area contributed by atoms with Crippen molar-refractivity contribution in [3.8, 4) is 56.2 Å². The van der Waals surface area contributed by atoms with E-state index in [1.165, 1.54) is 49.9 Å². The highest BCUT2D eigenvalue weighted by Gasteiger charge is 2.46. The van der Waals surface area contributed by atoms with Gasteiger partial charge < -0.3 is 0 Å². The molecule has 0 spiro atoms. The molecule has 0 saturated heterocycles. The third kappa shape index (κ3) is 5.48. The number of fused-ring (bicyclic) bond motifs is 8. The molecule has 0 amide bonds. The highest BCUT2D eigenvalue weighted by atomic mass is 14.9. The molecule has 9 aromatic carbocycles. The Morgan fingerprint density at radius 3 is 1.59 bits per heavy atom. The summed E-state index contributed by atoms with van der Waals surface area (Å²) in [4.78, 5) is 15.9. The van der Waals surface area contributed by atoms with Gasteiger partial charge in [-0.3, -0.25) is 0 Å². The first-order valence-electron chi connectivity index (χ1n) is 20.9. The molecule has 2 aromatic heterocycles. The summed E-state index contributed by atoms with van der Waals surface area (Å²) in [5.74, 6) is 0.679. The molecule has 284 valence electrons. The van der Waals surface area contributed by atoms with Crippen molar-refractivity contribution >= 4 is 32.6 Å². The molecule has 0 saturated carbocycles. The van der Waals surface area contributed by atoms with E-state index >= 15 is 0 Å². The fourth-order valence-corrected chi connectivity index (χ4v) is 9.88. The molecule has 1 aliphatic carbocycles. The molecule has 3 nitrogen and oxygen atoms in total. The molecule has 0 bridgehead atoms. The summed E-state index contributed by atoms with van der Waals surface area (Å²) in [5.41, 5.74) is 16.2. The molecule has 2 heterocycles. The number of hydrogen-bond donors (Lipinski definition) is 0. The third-order valence-corrected chi connectivity index (χ3v) is 12.5. The van der Waals surface area contributed by atoms with Gasteiger partial charge in [0.15, 0.2) is 5.82 Å². The molecular weight excluding hydrogens is 739 g/mol. The Balaban J connectivity index is 1.07. The van der Waals surface area contributed by atoms with Gasteiger partial charge >= 0.3 is 0 Å². The summed E-state index contributed by atoms with van der Waals surface area (Å²) >= 11 is 0. The van der Waals surface area contributed by atoms with Crippen LogP contribution in [0.4, 0.5) is 0 Å². The second kappa shape index (κ2) is 14.1. The van der Waals surface area contributed by atoms with Gasteiger partial charge in [-0.05, 0) is 62.7 Å². The minimum absolute atomic E-state index is 0.500. The van der Waals surface area contributed by atoms with E-state index in [1.54, 1.807) is 0 Å². The van der Waals surface area contributed by atoms with Crippen molar-refractivity contribution in [2.45, 2.75) is 5.41 Å². The molecule has 61 heavy (non-hydrogen) atoms. The lowest BCUT2D eigenvalue weighted by atomic mass is 9.67. The van der Waals surface area contributed by atoms with Crippen molar-refractivity contribution in [3.05, 3.63) is 247 Å². The number of benzene rings is 9. The molecule has 0 N–H and O–H groups in total. The lowest BCUT2D eigenvalue weighted by molar-refractivity contribution is 0.769. The third-order valence-electron chi connectivity index (χ3n) is 12.5. The Kier molecular flexibility index (Phi) is 8.07. The monoisotopic (exact) mass is 775 g/mol. The first-order chi connectivity index (χ1) is 30.3. The molecule has 0 radical (unpaired) electrons. The summed E-state index contributed by atoms with van der Waals surface area (Å²) in [6, 6.07) is 80.3. The number of para-hydroxylation sites is 2. The van der Waals surface area contributed by atoms with Crippen molar-refractivity contribution in [1.29, 1.82) is 0 Å². The first-order valence-corrected chi connectivity index (χ1v) is 20.9. The maximum atomic E-state index is 5.45. The maximum absolute atomic E-state index is 5.45. The zero-order chi connectivity index (χ0) is 40.3. The van der Waals surface area contributed by atoms with E-state index in [2.05, 4.69) is 212 Å². The van der Waals surface area contributed by atoms with Gasteiger partial charge in [0, 0.05) is 38.2 Å². The molecule has 12 rings (SSSR count). The van der Waals surface area contributed by atoms with Crippen molar-refractivity contribution in [2.24, 2.45) is 0 Å². The first kappa shape index (κ1) is 35.0. The van der Waals surface area contributed by atoms with Gasteiger partial charge in [-0.1, -0.05) is 206 Å². The van der Waals surface area contributed by atoms with Crippen LogP contribution in [-0.2, 0) is 5.41 Å². The largest absolute Gasteiger partial charge is 0.247 e. The summed E-state index contributed by atoms with van der Waals surface area (Å²) in [6.07, 6.45) is 0. The van der Waals surface area contributed by atoms with Gasteiger partial charge in [-0.2, -0.15) is 0 Å². The highest BCUT2D eigenvalue weighted by Crippen LogP contribution is 2.58. The van der Waals surface area contributed by atoms with Crippen LogP contribution in [-0.4, -0.2) is 15.0 Å². The molecule has 0 unspecified atom stereocenters. The predicted molar refractivity (Wildman–Crippen MR) is 251 cm³/mol. The number of nitrogens with zero attached hydrogens (tertiary/aromatic N) is 3. The van der Waals surface area contributed by atoms with Crippen molar-refractivity contribution in [2.75, 3.05) is 0 Å². The fourth-order valence-electron chi connectivity index (χ4n) is 9.88. The second-order valence-electron chi connectivity index (χ2n) is 15.9. The summed E-state index contributed by atoms with van der Waals surface area (Å²) in [7, 11) is 0. The van der Waals surface area contributed by atoms with Crippen molar-refractivity contribution in [3.63, 3.8) is 0 Å². The topological polar surface area (TPSA) is 38.7 Å². The lowest BCUT2D eigenvalue weighted by Crippen LogP contribution is -2.28. The summed E-state index contributed by atoms with van der Waals surface area (Å²) in [6.45, 7) is 0. The highest BCUT2D eigenvalue weighted by molar-refractivity contribution is 6.19. The Morgan fingerprint density at radius 2 is 0.852 bits per heavy atom. The van der Waals surface area contributed by atoms with Gasteiger partial charge in [0.2, 0.25) is 0 Å². The van der Waals surface area contributed by atoms with Crippen LogP contribution in [0.3, 0.4) is 0 Å². The average Bonchev–Trinajstić information content (AvgIpc) is 3.65. The van der Waals surface area contributed by atoms with E-state index in [0.717, 1.165) is 55.3 Å². The minimum atomic E-state index is -0.500. The average molecular weight is 776 g/mol. The van der Waals surface area contributed by atoms with Gasteiger partial charge in [0.1, 0.15) is 0 Å². The minimum Gasteiger partial charge on any atom is -0.247 e. The van der Waals surface area contributed by atoms with E-state index in [-0.39, 0.29) is 0 Å². The summed E-state index contributed by atoms with van der Waals surface area (Å²) in [5, 5.41) is 4.49. The van der Waals surface area contributed by atoms with Crippen LogP contribution in [0.5, 0.6) is 0 Å². The molecule has 0 atom stereocenters. The zero-order valence-electron chi connectivity index (χ0n) is 33.2. The predicted octanol–water partition coefficient (Wildman–Crippen LogP) is 14.4. The Morgan fingerprint density at radius 1 is 0.311 bits per heavy atom. The van der Waals surface area contributed by atoms with Crippen LogP contribution in [0.25, 0.3) is 88.7 Å². The van der Waals surface area contributed by atoms with Crippen LogP contribution in [0.15, 0.2) is 224 Å². The van der Waals surface area contributed by atoms with Crippen LogP contribution >= 0.6 is 0 Å². The fraction of sp³-hybridized carbons (Fsp3) is 0.0172. The smallest absolute Gasteiger partial charge is 0.160 e. The van der Waals surface area contributed by atoms with Crippen molar-refractivity contribution < 1.29 is 0 Å². The standard InChI is InChI=1S/C58H37N3/c1-4-17-38(18-5-1)39-31-33-40(34-32-39)55-47-27-12-15-30-52(47)60-57(61-55)42-20-16-19-41(37-42)56-48-35-36-50-54(53(48)46-26-11-14-29-51(46)59-56)45-25-10-13-28-49(45)58(50,43-21-6-2-7-22-43)44-23-8-3-9-24-44/h1-37H. The van der Waals surface area contributed by atoms with Crippen LogP contribution < -0.4 is 0 Å². The zero-order valence-corrected chi connectivity index (χ0v) is 33.2. The maximum Gasteiger partial charge on any atom is 0.160 e. The number of hydrogen-bond acceptors (Lipinski definition) is 3. The van der Waals surface area contributed by atoms with E-state index < -0.39 is 5.41 Å². The number of aromatic nitrogens is 3. The van der Waals surface area contributed by atoms with Crippen molar-refractivity contribution in [1.82, 2.24) is 15.0 Å². The van der Waals surface area contributed by atoms with E-state index in [0.29, 0.717) is 5.82 Å². The molecule has 0 aliphatic heterocycles. The van der Waals surface area contributed by atoms with E-state index in [4.69, 9.17) is 15.0 Å². The number of rotatable bonds is 6. The van der Waals surface area contributed by atoms with Crippen LogP contribution in [0, 0.1) is 0 Å². The second-order valence-corrected chi connectivity index (χ2v) is 15.9. The lowest BCUT2D eigenvalue weighted by Gasteiger charge is -2.34. The number of pyridine rings is 1. The van der Waals surface area contributed by atoms with Gasteiger partial charge in [0.05, 0.1) is 27.8 Å². The Labute approximate surface area is 354 Å². The molecule has 1 aliphatic rings. The molecule has 0 fully saturated rings. The molecular formula is C58H37N3. The Hall–Kier alpha value is -8.01. The normalized spacial score (nSPS) is 12.7. The van der Waals surface area contributed by atoms with E-state index in [9.17, 15) is 0 Å². The molecule has 3 heteroatoms. The molecule has 11 aromatic rings. The quantitative estimate of drug-likeness (QED) is 0.158.